The van der Waals surface area contributed by atoms with Crippen molar-refractivity contribution in [2.45, 2.75) is 6.54 Å². The molecule has 0 unspecified atom stereocenters. The van der Waals surface area contributed by atoms with Gasteiger partial charge in [0.25, 0.3) is 0 Å². The van der Waals surface area contributed by atoms with E-state index in [1.807, 2.05) is 50.5 Å². The number of benzene rings is 2. The van der Waals surface area contributed by atoms with Crippen molar-refractivity contribution in [3.05, 3.63) is 54.2 Å². The molecule has 5 heteroatoms. The summed E-state index contributed by atoms with van der Waals surface area (Å²) in [6.45, 7) is 0.851. The number of nitrogens with zero attached hydrogens (tertiary/aromatic N) is 2. The van der Waals surface area contributed by atoms with Crippen molar-refractivity contribution in [1.29, 1.82) is 0 Å². The van der Waals surface area contributed by atoms with Crippen molar-refractivity contribution in [3.8, 4) is 11.5 Å². The first-order chi connectivity index (χ1) is 9.72. The van der Waals surface area contributed by atoms with Crippen LogP contribution in [0.5, 0.6) is 11.5 Å². The molecule has 0 atom stereocenters. The Morgan fingerprint density at radius 3 is 2.76 bits per heavy atom. The Labute approximate surface area is 130 Å². The van der Waals surface area contributed by atoms with E-state index in [4.69, 9.17) is 4.74 Å². The minimum atomic E-state index is 0. The summed E-state index contributed by atoms with van der Waals surface area (Å²) in [5.74, 6) is 1.72. The van der Waals surface area contributed by atoms with E-state index in [0.29, 0.717) is 0 Å². The fourth-order valence-electron chi connectivity index (χ4n) is 2.19. The number of halogens is 1. The quantitative estimate of drug-likeness (QED) is 0.796. The molecule has 0 radical (unpaired) electrons. The lowest BCUT2D eigenvalue weighted by Crippen LogP contribution is -2.11. The van der Waals surface area contributed by atoms with Crippen LogP contribution in [0.4, 0.5) is 0 Å². The fraction of sp³-hybridized carbons (Fsp3) is 0.188. The lowest BCUT2D eigenvalue weighted by Gasteiger charge is -2.14. The van der Waals surface area contributed by atoms with E-state index in [0.717, 1.165) is 28.9 Å². The van der Waals surface area contributed by atoms with Gasteiger partial charge in [0.2, 0.25) is 0 Å². The monoisotopic (exact) mass is 303 g/mol. The molecule has 1 heterocycles. The number of H-pyrrole nitrogens is 1. The topological polar surface area (TPSA) is 41.1 Å². The summed E-state index contributed by atoms with van der Waals surface area (Å²) in [7, 11) is 4.10. The lowest BCUT2D eigenvalue weighted by atomic mass is 10.2. The third-order valence-corrected chi connectivity index (χ3v) is 3.10. The van der Waals surface area contributed by atoms with Crippen LogP contribution in [0.1, 0.15) is 5.56 Å². The molecule has 21 heavy (non-hydrogen) atoms. The highest BCUT2D eigenvalue weighted by atomic mass is 35.5. The molecular weight excluding hydrogens is 286 g/mol. The van der Waals surface area contributed by atoms with Gasteiger partial charge in [-0.3, -0.25) is 5.10 Å². The standard InChI is InChI=1S/C16H17N3O.ClH/c1-19(2)11-12-5-3-4-6-16(12)20-14-7-8-15-13(9-14)10-17-18-15;/h3-10H,11H2,1-2H3,(H,17,18);1H. The number of ether oxygens (including phenoxy) is 1. The molecule has 2 aromatic carbocycles. The van der Waals surface area contributed by atoms with Crippen LogP contribution in [0.15, 0.2) is 48.7 Å². The maximum absolute atomic E-state index is 6.02. The molecule has 0 aliphatic rings. The zero-order valence-corrected chi connectivity index (χ0v) is 12.9. The van der Waals surface area contributed by atoms with Crippen molar-refractivity contribution < 1.29 is 4.74 Å². The molecule has 0 fully saturated rings. The zero-order valence-electron chi connectivity index (χ0n) is 12.0. The molecule has 0 amide bonds. The Morgan fingerprint density at radius 2 is 1.95 bits per heavy atom. The van der Waals surface area contributed by atoms with Gasteiger partial charge < -0.3 is 9.64 Å². The summed E-state index contributed by atoms with van der Waals surface area (Å²) in [6, 6.07) is 14.0. The zero-order chi connectivity index (χ0) is 13.9. The number of nitrogens with one attached hydrogen (secondary N) is 1. The summed E-state index contributed by atoms with van der Waals surface area (Å²) < 4.78 is 6.02. The van der Waals surface area contributed by atoms with Crippen LogP contribution in [0.2, 0.25) is 0 Å². The molecule has 0 saturated carbocycles. The SMILES string of the molecule is CN(C)Cc1ccccc1Oc1ccc2[nH]ncc2c1.Cl. The van der Waals surface area contributed by atoms with Gasteiger partial charge in [0.05, 0.1) is 11.7 Å². The maximum Gasteiger partial charge on any atom is 0.131 e. The highest BCUT2D eigenvalue weighted by molar-refractivity contribution is 5.85. The fourth-order valence-corrected chi connectivity index (χ4v) is 2.19. The summed E-state index contributed by atoms with van der Waals surface area (Å²) >= 11 is 0. The van der Waals surface area contributed by atoms with Crippen molar-refractivity contribution in [1.82, 2.24) is 15.1 Å². The van der Waals surface area contributed by atoms with Crippen LogP contribution in [-0.2, 0) is 6.54 Å². The first kappa shape index (κ1) is 15.4. The molecular formula is C16H18ClN3O. The summed E-state index contributed by atoms with van der Waals surface area (Å²) in [4.78, 5) is 2.13. The number of para-hydroxylation sites is 1. The largest absolute Gasteiger partial charge is 0.457 e. The second-order valence-corrected chi connectivity index (χ2v) is 5.07. The van der Waals surface area contributed by atoms with Crippen LogP contribution in [0.3, 0.4) is 0 Å². The molecule has 0 bridgehead atoms. The number of fused-ring (bicyclic) bond motifs is 1. The van der Waals surface area contributed by atoms with Gasteiger partial charge in [-0.2, -0.15) is 5.10 Å². The van der Waals surface area contributed by atoms with Gasteiger partial charge in [-0.1, -0.05) is 18.2 Å². The predicted octanol–water partition coefficient (Wildman–Crippen LogP) is 3.84. The van der Waals surface area contributed by atoms with E-state index in [-0.39, 0.29) is 12.4 Å². The minimum Gasteiger partial charge on any atom is -0.457 e. The van der Waals surface area contributed by atoms with Gasteiger partial charge >= 0.3 is 0 Å². The number of aromatic amines is 1. The number of hydrogen-bond acceptors (Lipinski definition) is 3. The van der Waals surface area contributed by atoms with Gasteiger partial charge in [0.1, 0.15) is 11.5 Å². The van der Waals surface area contributed by atoms with Gasteiger partial charge in [0, 0.05) is 17.5 Å². The Hall–Kier alpha value is -2.04. The summed E-state index contributed by atoms with van der Waals surface area (Å²) in [5, 5.41) is 8.00. The predicted molar refractivity (Wildman–Crippen MR) is 87.2 cm³/mol. The number of aromatic nitrogens is 2. The molecule has 0 saturated heterocycles. The van der Waals surface area contributed by atoms with Gasteiger partial charge in [0.15, 0.2) is 0 Å². The van der Waals surface area contributed by atoms with E-state index in [1.165, 1.54) is 5.56 Å². The Morgan fingerprint density at radius 1 is 1.14 bits per heavy atom. The van der Waals surface area contributed by atoms with E-state index >= 15 is 0 Å². The summed E-state index contributed by atoms with van der Waals surface area (Å²) in [6.07, 6.45) is 1.80. The second kappa shape index (κ2) is 6.61. The molecule has 1 N–H and O–H groups in total. The normalized spacial score (nSPS) is 10.6. The van der Waals surface area contributed by atoms with E-state index in [9.17, 15) is 0 Å². The third kappa shape index (κ3) is 3.54. The van der Waals surface area contributed by atoms with Gasteiger partial charge in [-0.15, -0.1) is 12.4 Å². The Kier molecular flexibility index (Phi) is 4.83. The van der Waals surface area contributed by atoms with Gasteiger partial charge in [-0.05, 0) is 38.4 Å². The first-order valence-electron chi connectivity index (χ1n) is 6.56. The molecule has 4 nitrogen and oxygen atoms in total. The molecule has 110 valence electrons. The highest BCUT2D eigenvalue weighted by Gasteiger charge is 2.06. The van der Waals surface area contributed by atoms with Crippen LogP contribution in [0, 0.1) is 0 Å². The Balaban J connectivity index is 0.00000161. The maximum atomic E-state index is 6.02. The minimum absolute atomic E-state index is 0. The molecule has 0 aliphatic heterocycles. The Bertz CT molecular complexity index is 724. The first-order valence-corrected chi connectivity index (χ1v) is 6.56. The second-order valence-electron chi connectivity index (χ2n) is 5.07. The van der Waals surface area contributed by atoms with Crippen LogP contribution >= 0.6 is 12.4 Å². The average Bonchev–Trinajstić information content (AvgIpc) is 2.88. The van der Waals surface area contributed by atoms with Gasteiger partial charge in [-0.25, -0.2) is 0 Å². The van der Waals surface area contributed by atoms with Crippen molar-refractivity contribution >= 4 is 23.3 Å². The lowest BCUT2D eigenvalue weighted by molar-refractivity contribution is 0.388. The average molecular weight is 304 g/mol. The molecule has 0 spiro atoms. The molecule has 0 aliphatic carbocycles. The number of rotatable bonds is 4. The molecule has 1 aromatic heterocycles. The van der Waals surface area contributed by atoms with Crippen molar-refractivity contribution in [2.75, 3.05) is 14.1 Å². The van der Waals surface area contributed by atoms with E-state index < -0.39 is 0 Å². The van der Waals surface area contributed by atoms with Crippen molar-refractivity contribution in [2.24, 2.45) is 0 Å². The van der Waals surface area contributed by atoms with Crippen LogP contribution in [0.25, 0.3) is 10.9 Å². The molecule has 3 aromatic rings. The summed E-state index contributed by atoms with van der Waals surface area (Å²) in [5.41, 5.74) is 2.18. The van der Waals surface area contributed by atoms with Crippen LogP contribution < -0.4 is 4.74 Å². The smallest absolute Gasteiger partial charge is 0.131 e. The van der Waals surface area contributed by atoms with Crippen LogP contribution in [-0.4, -0.2) is 29.2 Å². The highest BCUT2D eigenvalue weighted by Crippen LogP contribution is 2.27. The molecule has 3 rings (SSSR count). The van der Waals surface area contributed by atoms with Crippen molar-refractivity contribution in [3.63, 3.8) is 0 Å². The number of hydrogen-bond donors (Lipinski definition) is 1. The van der Waals surface area contributed by atoms with E-state index in [2.05, 4.69) is 21.2 Å². The van der Waals surface area contributed by atoms with E-state index in [1.54, 1.807) is 6.20 Å². The third-order valence-electron chi connectivity index (χ3n) is 3.10.